The van der Waals surface area contributed by atoms with Gasteiger partial charge >= 0.3 is 0 Å². The van der Waals surface area contributed by atoms with E-state index in [1.54, 1.807) is 0 Å². The zero-order valence-corrected chi connectivity index (χ0v) is 31.5. The molecule has 58 heavy (non-hydrogen) atoms. The Morgan fingerprint density at radius 3 is 1.57 bits per heavy atom. The maximum absolute atomic E-state index is 6.63. The molecule has 272 valence electrons. The van der Waals surface area contributed by atoms with Crippen molar-refractivity contribution in [3.05, 3.63) is 235 Å². The highest BCUT2D eigenvalue weighted by Crippen LogP contribution is 2.62. The van der Waals surface area contributed by atoms with Crippen LogP contribution in [0.15, 0.2) is 217 Å². The number of hydrogen-bond donors (Lipinski definition) is 0. The van der Waals surface area contributed by atoms with Crippen molar-refractivity contribution in [3.63, 3.8) is 0 Å². The molecule has 1 aliphatic carbocycles. The molecule has 2 aliphatic rings. The van der Waals surface area contributed by atoms with E-state index in [-0.39, 0.29) is 0 Å². The molecule has 0 saturated heterocycles. The number of hydrogen-bond acceptors (Lipinski definition) is 3. The summed E-state index contributed by atoms with van der Waals surface area (Å²) in [5.41, 5.74) is 16.5. The molecule has 2 heterocycles. The Morgan fingerprint density at radius 1 is 0.328 bits per heavy atom. The molecule has 1 aliphatic heterocycles. The van der Waals surface area contributed by atoms with Crippen LogP contribution >= 0.6 is 0 Å². The van der Waals surface area contributed by atoms with E-state index in [4.69, 9.17) is 9.15 Å². The number of rotatable bonds is 5. The van der Waals surface area contributed by atoms with Gasteiger partial charge in [-0.2, -0.15) is 0 Å². The first-order valence-electron chi connectivity index (χ1n) is 19.8. The zero-order valence-electron chi connectivity index (χ0n) is 31.5. The molecule has 0 radical (unpaired) electrons. The van der Waals surface area contributed by atoms with Gasteiger partial charge in [0.05, 0.1) is 5.41 Å². The van der Waals surface area contributed by atoms with Crippen molar-refractivity contribution in [2.45, 2.75) is 5.41 Å². The van der Waals surface area contributed by atoms with Gasteiger partial charge in [-0.05, 0) is 111 Å². The van der Waals surface area contributed by atoms with Crippen LogP contribution in [0.25, 0.3) is 55.3 Å². The van der Waals surface area contributed by atoms with Gasteiger partial charge in [0, 0.05) is 39.0 Å². The summed E-state index contributed by atoms with van der Waals surface area (Å²) in [7, 11) is 0. The lowest BCUT2D eigenvalue weighted by molar-refractivity contribution is 0.436. The highest BCUT2D eigenvalue weighted by atomic mass is 16.5. The molecule has 1 spiro atoms. The molecule has 0 atom stereocenters. The first-order valence-corrected chi connectivity index (χ1v) is 19.8. The summed E-state index contributed by atoms with van der Waals surface area (Å²) in [6.07, 6.45) is 0. The molecule has 0 amide bonds. The number of ether oxygens (including phenoxy) is 1. The maximum Gasteiger partial charge on any atom is 0.135 e. The number of anilines is 3. The lowest BCUT2D eigenvalue weighted by atomic mass is 9.66. The Hall–Kier alpha value is -7.62. The average molecular weight is 742 g/mol. The van der Waals surface area contributed by atoms with Gasteiger partial charge in [-0.15, -0.1) is 0 Å². The highest BCUT2D eigenvalue weighted by molar-refractivity contribution is 6.06. The summed E-state index contributed by atoms with van der Waals surface area (Å²) in [5, 5.41) is 2.26. The van der Waals surface area contributed by atoms with Crippen LogP contribution in [0.3, 0.4) is 0 Å². The topological polar surface area (TPSA) is 25.6 Å². The Kier molecular flexibility index (Phi) is 7.14. The van der Waals surface area contributed by atoms with Crippen molar-refractivity contribution in [2.75, 3.05) is 4.90 Å². The van der Waals surface area contributed by atoms with E-state index in [1.165, 1.54) is 33.4 Å². The fourth-order valence-electron chi connectivity index (χ4n) is 9.57. The highest BCUT2D eigenvalue weighted by Gasteiger charge is 2.51. The molecule has 3 nitrogen and oxygen atoms in total. The number of nitrogens with zero attached hydrogens (tertiary/aromatic N) is 1. The van der Waals surface area contributed by atoms with Crippen LogP contribution in [0, 0.1) is 0 Å². The zero-order chi connectivity index (χ0) is 38.2. The minimum absolute atomic E-state index is 0.560. The summed E-state index contributed by atoms with van der Waals surface area (Å²) in [6.45, 7) is 0. The van der Waals surface area contributed by atoms with Gasteiger partial charge in [0.2, 0.25) is 0 Å². The van der Waals surface area contributed by atoms with Crippen molar-refractivity contribution in [1.29, 1.82) is 0 Å². The lowest BCUT2D eigenvalue weighted by Crippen LogP contribution is -2.32. The first kappa shape index (κ1) is 32.6. The van der Waals surface area contributed by atoms with E-state index in [0.29, 0.717) is 0 Å². The third-order valence-electron chi connectivity index (χ3n) is 12.2. The Labute approximate surface area is 336 Å². The SMILES string of the molecule is c1ccc(-c2ccc(N(c3ccc(-c4ccc5oc6ccccc6c5c4)cc3)c3ccc4c(c3)C3(c5ccccc5Oc5ccccc53)c3ccccc3-4)cc2)cc1. The molecule has 0 unspecified atom stereocenters. The molecule has 3 heteroatoms. The van der Waals surface area contributed by atoms with Crippen LogP contribution in [-0.4, -0.2) is 0 Å². The van der Waals surface area contributed by atoms with Gasteiger partial charge in [0.1, 0.15) is 22.7 Å². The number of para-hydroxylation sites is 3. The van der Waals surface area contributed by atoms with Crippen molar-refractivity contribution in [1.82, 2.24) is 0 Å². The van der Waals surface area contributed by atoms with Gasteiger partial charge in [-0.25, -0.2) is 0 Å². The molecule has 0 bridgehead atoms. The quantitative estimate of drug-likeness (QED) is 0.176. The summed E-state index contributed by atoms with van der Waals surface area (Å²) < 4.78 is 12.8. The van der Waals surface area contributed by atoms with E-state index < -0.39 is 5.41 Å². The lowest BCUT2D eigenvalue weighted by Gasteiger charge is -2.39. The molecule has 0 fully saturated rings. The third kappa shape index (κ3) is 4.80. The van der Waals surface area contributed by atoms with Gasteiger partial charge in [0.25, 0.3) is 0 Å². The van der Waals surface area contributed by atoms with Crippen LogP contribution in [0.5, 0.6) is 11.5 Å². The van der Waals surface area contributed by atoms with E-state index >= 15 is 0 Å². The van der Waals surface area contributed by atoms with Gasteiger partial charge < -0.3 is 14.1 Å². The van der Waals surface area contributed by atoms with Gasteiger partial charge in [-0.1, -0.05) is 146 Å². The summed E-state index contributed by atoms with van der Waals surface area (Å²) in [4.78, 5) is 2.39. The number of furan rings is 1. The van der Waals surface area contributed by atoms with Gasteiger partial charge in [0.15, 0.2) is 0 Å². The molecule has 0 saturated carbocycles. The minimum Gasteiger partial charge on any atom is -0.457 e. The monoisotopic (exact) mass is 741 g/mol. The Bertz CT molecular complexity index is 3150. The van der Waals surface area contributed by atoms with E-state index in [9.17, 15) is 0 Å². The molecule has 12 rings (SSSR count). The van der Waals surface area contributed by atoms with E-state index in [0.717, 1.165) is 72.8 Å². The minimum atomic E-state index is -0.560. The first-order chi connectivity index (χ1) is 28.7. The normalized spacial score (nSPS) is 13.1. The van der Waals surface area contributed by atoms with Gasteiger partial charge in [-0.3, -0.25) is 0 Å². The predicted octanol–water partition coefficient (Wildman–Crippen LogP) is 14.9. The second-order valence-electron chi connectivity index (χ2n) is 15.2. The molecule has 1 aromatic heterocycles. The maximum atomic E-state index is 6.63. The third-order valence-corrected chi connectivity index (χ3v) is 12.2. The fourth-order valence-corrected chi connectivity index (χ4v) is 9.57. The molecular weight excluding hydrogens is 707 g/mol. The van der Waals surface area contributed by atoms with Crippen LogP contribution in [-0.2, 0) is 5.41 Å². The molecule has 10 aromatic rings. The van der Waals surface area contributed by atoms with Crippen molar-refractivity contribution < 1.29 is 9.15 Å². The van der Waals surface area contributed by atoms with Crippen LogP contribution in [0.1, 0.15) is 22.3 Å². The smallest absolute Gasteiger partial charge is 0.135 e. The van der Waals surface area contributed by atoms with Crippen LogP contribution in [0.4, 0.5) is 17.1 Å². The van der Waals surface area contributed by atoms with Crippen molar-refractivity contribution in [3.8, 4) is 44.9 Å². The average Bonchev–Trinajstić information content (AvgIpc) is 3.81. The number of fused-ring (bicyclic) bond motifs is 12. The van der Waals surface area contributed by atoms with Crippen molar-refractivity contribution >= 4 is 39.0 Å². The second kappa shape index (κ2) is 12.7. The molecular formula is C55H35NO2. The summed E-state index contributed by atoms with van der Waals surface area (Å²) in [5.74, 6) is 1.78. The Balaban J connectivity index is 1.04. The largest absolute Gasteiger partial charge is 0.457 e. The second-order valence-corrected chi connectivity index (χ2v) is 15.2. The molecule has 9 aromatic carbocycles. The summed E-state index contributed by atoms with van der Waals surface area (Å²) >= 11 is 0. The standard InChI is InChI=1S/C55H35NO2/c1-2-12-36(13-3-1)37-22-27-40(28-23-37)56(41-29-24-38(25-30-41)39-26-33-52-46(34-39)45-15-5-9-19-51(45)57-52)42-31-32-44-43-14-4-6-16-47(43)55(50(44)35-42)48-17-7-10-20-53(48)58-54-21-11-8-18-49(54)55/h1-35H. The van der Waals surface area contributed by atoms with E-state index in [1.807, 2.05) is 12.1 Å². The van der Waals surface area contributed by atoms with Crippen LogP contribution < -0.4 is 9.64 Å². The van der Waals surface area contributed by atoms with Crippen LogP contribution in [0.2, 0.25) is 0 Å². The fraction of sp³-hybridized carbons (Fsp3) is 0.0182. The molecule has 0 N–H and O–H groups in total. The van der Waals surface area contributed by atoms with Crippen molar-refractivity contribution in [2.24, 2.45) is 0 Å². The Morgan fingerprint density at radius 2 is 0.845 bits per heavy atom. The number of benzene rings is 9. The van der Waals surface area contributed by atoms with E-state index in [2.05, 4.69) is 205 Å². The summed E-state index contributed by atoms with van der Waals surface area (Å²) in [6, 6.07) is 76.2. The predicted molar refractivity (Wildman–Crippen MR) is 237 cm³/mol.